The minimum absolute atomic E-state index is 0.495. The molecule has 142 valence electrons. The van der Waals surface area contributed by atoms with Crippen LogP contribution in [0.4, 0.5) is 0 Å². The Balaban J connectivity index is 1.59. The summed E-state index contributed by atoms with van der Waals surface area (Å²) in [6.07, 6.45) is 1.72. The van der Waals surface area contributed by atoms with E-state index in [1.165, 1.54) is 11.1 Å². The molecule has 0 spiro atoms. The van der Waals surface area contributed by atoms with Crippen molar-refractivity contribution in [1.82, 2.24) is 30.0 Å². The van der Waals surface area contributed by atoms with Gasteiger partial charge in [0, 0.05) is 0 Å². The van der Waals surface area contributed by atoms with E-state index >= 15 is 0 Å². The molecular formula is C20H20N6OS. The van der Waals surface area contributed by atoms with Crippen LogP contribution in [0, 0.1) is 13.8 Å². The number of nitrogens with zero attached hydrogens (tertiary/aromatic N) is 6. The zero-order valence-corrected chi connectivity index (χ0v) is 16.8. The van der Waals surface area contributed by atoms with E-state index in [-0.39, 0.29) is 0 Å². The molecule has 0 fully saturated rings. The van der Waals surface area contributed by atoms with Crippen LogP contribution >= 0.6 is 12.6 Å². The average Bonchev–Trinajstić information content (AvgIpc) is 3.28. The quantitative estimate of drug-likeness (QED) is 0.527. The summed E-state index contributed by atoms with van der Waals surface area (Å²) < 4.78 is 6.96. The maximum Gasteiger partial charge on any atom is 0.209 e. The predicted molar refractivity (Wildman–Crippen MR) is 109 cm³/mol. The molecule has 4 rings (SSSR count). The van der Waals surface area contributed by atoms with Gasteiger partial charge >= 0.3 is 0 Å². The summed E-state index contributed by atoms with van der Waals surface area (Å²) in [5.41, 5.74) is 5.09. The molecule has 8 heteroatoms. The maximum absolute atomic E-state index is 5.18. The van der Waals surface area contributed by atoms with Crippen LogP contribution in [0.3, 0.4) is 0 Å². The summed E-state index contributed by atoms with van der Waals surface area (Å²) in [6.45, 7) is 4.64. The first-order valence-electron chi connectivity index (χ1n) is 8.80. The first kappa shape index (κ1) is 18.2. The van der Waals surface area contributed by atoms with E-state index in [0.29, 0.717) is 17.4 Å². The third-order valence-electron chi connectivity index (χ3n) is 4.37. The van der Waals surface area contributed by atoms with Gasteiger partial charge in [0.05, 0.1) is 31.1 Å². The fourth-order valence-corrected chi connectivity index (χ4v) is 3.40. The Morgan fingerprint density at radius 2 is 1.75 bits per heavy atom. The Kier molecular flexibility index (Phi) is 4.87. The summed E-state index contributed by atoms with van der Waals surface area (Å²) >= 11 is 4.65. The van der Waals surface area contributed by atoms with Gasteiger partial charge in [0.15, 0.2) is 0 Å². The van der Waals surface area contributed by atoms with Crippen LogP contribution in [0.25, 0.3) is 17.1 Å². The van der Waals surface area contributed by atoms with Crippen LogP contribution < -0.4 is 4.74 Å². The highest BCUT2D eigenvalue weighted by atomic mass is 32.1. The topological polar surface area (TPSA) is 70.7 Å². The normalized spacial score (nSPS) is 11.0. The Morgan fingerprint density at radius 1 is 1.04 bits per heavy atom. The highest BCUT2D eigenvalue weighted by Crippen LogP contribution is 2.26. The first-order valence-corrected chi connectivity index (χ1v) is 9.25. The number of hydrogen-bond donors (Lipinski definition) is 1. The van der Waals surface area contributed by atoms with Crippen LogP contribution in [0.15, 0.2) is 53.7 Å². The van der Waals surface area contributed by atoms with Gasteiger partial charge < -0.3 is 4.74 Å². The van der Waals surface area contributed by atoms with Crippen molar-refractivity contribution in [2.75, 3.05) is 7.11 Å². The predicted octanol–water partition coefficient (Wildman–Crippen LogP) is 3.49. The van der Waals surface area contributed by atoms with Crippen molar-refractivity contribution in [2.45, 2.75) is 25.4 Å². The molecule has 0 saturated heterocycles. The van der Waals surface area contributed by atoms with Crippen molar-refractivity contribution >= 4 is 12.6 Å². The van der Waals surface area contributed by atoms with Gasteiger partial charge in [-0.2, -0.15) is 9.90 Å². The molecular weight excluding hydrogens is 372 g/mol. The van der Waals surface area contributed by atoms with Gasteiger partial charge in [-0.05, 0) is 60.0 Å². The van der Waals surface area contributed by atoms with Crippen molar-refractivity contribution in [3.63, 3.8) is 0 Å². The van der Waals surface area contributed by atoms with Crippen LogP contribution in [0.1, 0.15) is 16.7 Å². The molecule has 2 aromatic carbocycles. The SMILES string of the molecule is COc1ccc(Cn2nnc(-c3cnn(-c4cc(C)cc(C)c4)c3S)n2)cc1. The van der Waals surface area contributed by atoms with Crippen molar-refractivity contribution in [1.29, 1.82) is 0 Å². The second kappa shape index (κ2) is 7.47. The van der Waals surface area contributed by atoms with Crippen LogP contribution in [0.2, 0.25) is 0 Å². The molecule has 0 atom stereocenters. The fourth-order valence-electron chi connectivity index (χ4n) is 3.07. The standard InChI is InChI=1S/C20H20N6OS/c1-13-8-14(2)10-16(9-13)26-20(28)18(11-21-26)19-22-24-25(23-19)12-15-4-6-17(27-3)7-5-15/h4-11,28H,12H2,1-3H3. The lowest BCUT2D eigenvalue weighted by Gasteiger charge is -2.07. The summed E-state index contributed by atoms with van der Waals surface area (Å²) in [5, 5.41) is 18.0. The van der Waals surface area contributed by atoms with Gasteiger partial charge in [0.1, 0.15) is 10.8 Å². The Bertz CT molecular complexity index is 1100. The van der Waals surface area contributed by atoms with E-state index in [1.807, 2.05) is 24.3 Å². The second-order valence-corrected chi connectivity index (χ2v) is 7.05. The average molecular weight is 392 g/mol. The van der Waals surface area contributed by atoms with Gasteiger partial charge in [-0.15, -0.1) is 22.8 Å². The highest BCUT2D eigenvalue weighted by molar-refractivity contribution is 7.80. The van der Waals surface area contributed by atoms with Gasteiger partial charge in [-0.1, -0.05) is 18.2 Å². The summed E-state index contributed by atoms with van der Waals surface area (Å²) in [5.74, 6) is 1.31. The first-order chi connectivity index (χ1) is 13.5. The molecule has 0 radical (unpaired) electrons. The molecule has 0 unspecified atom stereocenters. The lowest BCUT2D eigenvalue weighted by molar-refractivity contribution is 0.414. The van der Waals surface area contributed by atoms with Crippen molar-refractivity contribution in [2.24, 2.45) is 0 Å². The summed E-state index contributed by atoms with van der Waals surface area (Å²) in [4.78, 5) is 1.55. The number of methoxy groups -OCH3 is 1. The third-order valence-corrected chi connectivity index (χ3v) is 4.80. The van der Waals surface area contributed by atoms with E-state index in [1.54, 1.807) is 22.8 Å². The number of benzene rings is 2. The minimum Gasteiger partial charge on any atom is -0.497 e. The zero-order valence-electron chi connectivity index (χ0n) is 15.9. The number of thiol groups is 1. The van der Waals surface area contributed by atoms with Crippen molar-refractivity contribution in [3.05, 3.63) is 65.4 Å². The number of aryl methyl sites for hydroxylation is 2. The molecule has 0 aliphatic carbocycles. The molecule has 28 heavy (non-hydrogen) atoms. The number of tetrazole rings is 1. The molecule has 2 aromatic heterocycles. The molecule has 2 heterocycles. The van der Waals surface area contributed by atoms with Crippen LogP contribution in [-0.4, -0.2) is 37.1 Å². The van der Waals surface area contributed by atoms with Crippen molar-refractivity contribution < 1.29 is 4.74 Å². The lowest BCUT2D eigenvalue weighted by Crippen LogP contribution is -2.04. The molecule has 0 aliphatic heterocycles. The highest BCUT2D eigenvalue weighted by Gasteiger charge is 2.16. The number of hydrogen-bond acceptors (Lipinski definition) is 6. The molecule has 0 amide bonds. The summed E-state index contributed by atoms with van der Waals surface area (Å²) in [6, 6.07) is 14.0. The molecule has 0 saturated carbocycles. The van der Waals surface area contributed by atoms with Crippen LogP contribution in [-0.2, 0) is 6.54 Å². The lowest BCUT2D eigenvalue weighted by atomic mass is 10.1. The largest absolute Gasteiger partial charge is 0.497 e. The molecule has 0 bridgehead atoms. The van der Waals surface area contributed by atoms with E-state index in [0.717, 1.165) is 22.6 Å². The molecule has 0 aliphatic rings. The summed E-state index contributed by atoms with van der Waals surface area (Å²) in [7, 11) is 1.65. The minimum atomic E-state index is 0.495. The molecule has 7 nitrogen and oxygen atoms in total. The second-order valence-electron chi connectivity index (χ2n) is 6.63. The Hall–Kier alpha value is -3.13. The van der Waals surface area contributed by atoms with Gasteiger partial charge in [0.25, 0.3) is 0 Å². The number of aromatic nitrogens is 6. The Labute approximate surface area is 168 Å². The van der Waals surface area contributed by atoms with Crippen LogP contribution in [0.5, 0.6) is 5.75 Å². The maximum atomic E-state index is 5.18. The molecule has 0 N–H and O–H groups in total. The number of rotatable bonds is 5. The van der Waals surface area contributed by atoms with Gasteiger partial charge in [0.2, 0.25) is 5.82 Å². The third kappa shape index (κ3) is 3.63. The number of ether oxygens (including phenoxy) is 1. The van der Waals surface area contributed by atoms with Gasteiger partial charge in [-0.3, -0.25) is 0 Å². The molecule has 4 aromatic rings. The van der Waals surface area contributed by atoms with E-state index in [4.69, 9.17) is 4.74 Å². The van der Waals surface area contributed by atoms with E-state index < -0.39 is 0 Å². The van der Waals surface area contributed by atoms with E-state index in [9.17, 15) is 0 Å². The van der Waals surface area contributed by atoms with Gasteiger partial charge in [-0.25, -0.2) is 4.68 Å². The van der Waals surface area contributed by atoms with E-state index in [2.05, 4.69) is 65.2 Å². The van der Waals surface area contributed by atoms with Crippen molar-refractivity contribution in [3.8, 4) is 22.8 Å². The smallest absolute Gasteiger partial charge is 0.209 e. The monoisotopic (exact) mass is 392 g/mol. The fraction of sp³-hybridized carbons (Fsp3) is 0.200. The zero-order chi connectivity index (χ0) is 19.7. The Morgan fingerprint density at radius 3 is 2.43 bits per heavy atom.